The van der Waals surface area contributed by atoms with E-state index in [1.807, 2.05) is 43.9 Å². The topological polar surface area (TPSA) is 112 Å². The number of carbonyl (C=O) groups excluding carboxylic acids is 3. The lowest BCUT2D eigenvalue weighted by atomic mass is 9.96. The van der Waals surface area contributed by atoms with Crippen molar-refractivity contribution in [1.29, 1.82) is 0 Å². The molecule has 1 aromatic heterocycles. The van der Waals surface area contributed by atoms with E-state index in [1.54, 1.807) is 11.6 Å². The van der Waals surface area contributed by atoms with Gasteiger partial charge in [0.1, 0.15) is 11.6 Å². The molecule has 4 aliphatic rings. The second-order valence-corrected chi connectivity index (χ2v) is 13.2. The van der Waals surface area contributed by atoms with Crippen molar-refractivity contribution in [3.8, 4) is 0 Å². The van der Waals surface area contributed by atoms with Gasteiger partial charge in [0, 0.05) is 83.6 Å². The van der Waals surface area contributed by atoms with Gasteiger partial charge >= 0.3 is 11.8 Å². The molecule has 1 N–H and O–H groups in total. The zero-order chi connectivity index (χ0) is 29.8. The quantitative estimate of drug-likeness (QED) is 0.541. The number of carbonyl (C=O) groups is 3. The average molecular weight is 582 g/mol. The van der Waals surface area contributed by atoms with Crippen molar-refractivity contribution >= 4 is 34.6 Å². The summed E-state index contributed by atoms with van der Waals surface area (Å²) in [6, 6.07) is 6.44. The SMILES string of the molecule is Cn1c(=O)n(C2CCC(=O)NC2=O)c2ccc(N3CCN(C4CN(C5CCN(C(=O)OC(C)(C)C)CC5)C4)CC3)cc21. The number of hydrogen-bond acceptors (Lipinski definition) is 8. The maximum Gasteiger partial charge on any atom is 0.410 e. The van der Waals surface area contributed by atoms with E-state index in [9.17, 15) is 19.2 Å². The van der Waals surface area contributed by atoms with Gasteiger partial charge in [-0.1, -0.05) is 0 Å². The Hall–Kier alpha value is -3.38. The van der Waals surface area contributed by atoms with Gasteiger partial charge in [-0.15, -0.1) is 0 Å². The summed E-state index contributed by atoms with van der Waals surface area (Å²) >= 11 is 0. The molecule has 4 aliphatic heterocycles. The fourth-order valence-electron chi connectivity index (χ4n) is 6.88. The number of amides is 3. The molecule has 0 radical (unpaired) electrons. The van der Waals surface area contributed by atoms with Crippen LogP contribution >= 0.6 is 0 Å². The molecule has 0 bridgehead atoms. The molecular weight excluding hydrogens is 538 g/mol. The number of benzene rings is 1. The Morgan fingerprint density at radius 2 is 1.57 bits per heavy atom. The number of aromatic nitrogens is 2. The molecule has 3 amide bonds. The van der Waals surface area contributed by atoms with Gasteiger partial charge in [0.25, 0.3) is 0 Å². The fourth-order valence-corrected chi connectivity index (χ4v) is 6.88. The molecular formula is C30H43N7O5. The molecule has 6 rings (SSSR count). The maximum absolute atomic E-state index is 13.1. The third-order valence-electron chi connectivity index (χ3n) is 9.31. The summed E-state index contributed by atoms with van der Waals surface area (Å²) in [5.41, 5.74) is 1.87. The highest BCUT2D eigenvalue weighted by molar-refractivity contribution is 6.00. The minimum absolute atomic E-state index is 0.200. The summed E-state index contributed by atoms with van der Waals surface area (Å²) in [6.45, 7) is 13.2. The monoisotopic (exact) mass is 581 g/mol. The van der Waals surface area contributed by atoms with Crippen molar-refractivity contribution < 1.29 is 19.1 Å². The lowest BCUT2D eigenvalue weighted by Gasteiger charge is -2.52. The first-order chi connectivity index (χ1) is 20.0. The second-order valence-electron chi connectivity index (χ2n) is 13.2. The van der Waals surface area contributed by atoms with Crippen LogP contribution in [0.25, 0.3) is 11.0 Å². The highest BCUT2D eigenvalue weighted by atomic mass is 16.6. The third-order valence-corrected chi connectivity index (χ3v) is 9.31. The Labute approximate surface area is 246 Å². The van der Waals surface area contributed by atoms with Gasteiger partial charge in [0.2, 0.25) is 11.8 Å². The van der Waals surface area contributed by atoms with Gasteiger partial charge in [-0.2, -0.15) is 0 Å². The first-order valence-corrected chi connectivity index (χ1v) is 15.2. The van der Waals surface area contributed by atoms with Gasteiger partial charge in [-0.25, -0.2) is 9.59 Å². The number of piperazine rings is 1. The number of anilines is 1. The average Bonchev–Trinajstić information content (AvgIpc) is 3.17. The highest BCUT2D eigenvalue weighted by Gasteiger charge is 2.39. The van der Waals surface area contributed by atoms with Crippen LogP contribution in [0.3, 0.4) is 0 Å². The van der Waals surface area contributed by atoms with Crippen LogP contribution < -0.4 is 15.9 Å². The number of imide groups is 1. The van der Waals surface area contributed by atoms with Crippen LogP contribution in [-0.2, 0) is 21.4 Å². The lowest BCUT2D eigenvalue weighted by molar-refractivity contribution is -0.135. The molecule has 5 heterocycles. The van der Waals surface area contributed by atoms with E-state index in [0.717, 1.165) is 76.4 Å². The van der Waals surface area contributed by atoms with Crippen LogP contribution in [0.1, 0.15) is 52.5 Å². The van der Waals surface area contributed by atoms with Crippen molar-refractivity contribution in [2.75, 3.05) is 57.3 Å². The molecule has 2 aromatic rings. The van der Waals surface area contributed by atoms with Crippen LogP contribution in [0.4, 0.5) is 10.5 Å². The van der Waals surface area contributed by atoms with E-state index in [-0.39, 0.29) is 24.1 Å². The van der Waals surface area contributed by atoms with E-state index in [1.165, 1.54) is 4.57 Å². The molecule has 1 atom stereocenters. The van der Waals surface area contributed by atoms with Crippen molar-refractivity contribution in [2.45, 2.75) is 70.2 Å². The number of fused-ring (bicyclic) bond motifs is 1. The van der Waals surface area contributed by atoms with Crippen LogP contribution in [0.15, 0.2) is 23.0 Å². The van der Waals surface area contributed by atoms with E-state index in [4.69, 9.17) is 4.74 Å². The number of nitrogens with one attached hydrogen (secondary N) is 1. The molecule has 4 fully saturated rings. The number of aryl methyl sites for hydroxylation is 1. The Kier molecular flexibility index (Phi) is 7.55. The predicted molar refractivity (Wildman–Crippen MR) is 159 cm³/mol. The molecule has 4 saturated heterocycles. The second kappa shape index (κ2) is 11.0. The van der Waals surface area contributed by atoms with Gasteiger partial charge in [-0.3, -0.25) is 33.8 Å². The van der Waals surface area contributed by atoms with Gasteiger partial charge in [0.15, 0.2) is 0 Å². The van der Waals surface area contributed by atoms with Crippen molar-refractivity contribution in [3.63, 3.8) is 0 Å². The lowest BCUT2D eigenvalue weighted by Crippen LogP contribution is -2.66. The molecule has 12 heteroatoms. The van der Waals surface area contributed by atoms with Crippen LogP contribution in [0, 0.1) is 0 Å². The van der Waals surface area contributed by atoms with Crippen molar-refractivity contribution in [2.24, 2.45) is 7.05 Å². The highest BCUT2D eigenvalue weighted by Crippen LogP contribution is 2.29. The van der Waals surface area contributed by atoms with Crippen molar-refractivity contribution in [3.05, 3.63) is 28.7 Å². The first kappa shape index (κ1) is 28.7. The number of likely N-dealkylation sites (tertiary alicyclic amines) is 2. The van der Waals surface area contributed by atoms with Gasteiger partial charge in [-0.05, 0) is 58.2 Å². The zero-order valence-electron chi connectivity index (χ0n) is 25.2. The largest absolute Gasteiger partial charge is 0.444 e. The molecule has 1 aromatic carbocycles. The predicted octanol–water partition coefficient (Wildman–Crippen LogP) is 1.52. The first-order valence-electron chi connectivity index (χ1n) is 15.2. The zero-order valence-corrected chi connectivity index (χ0v) is 25.2. The normalized spacial score (nSPS) is 23.8. The van der Waals surface area contributed by atoms with Gasteiger partial charge in [0.05, 0.1) is 11.0 Å². The van der Waals surface area contributed by atoms with E-state index < -0.39 is 17.6 Å². The number of piperidine rings is 2. The number of rotatable bonds is 4. The number of hydrogen-bond donors (Lipinski definition) is 1. The van der Waals surface area contributed by atoms with Crippen LogP contribution in [-0.4, -0.2) is 112 Å². The maximum atomic E-state index is 13.1. The summed E-state index contributed by atoms with van der Waals surface area (Å²) in [4.78, 5) is 59.0. The van der Waals surface area contributed by atoms with E-state index >= 15 is 0 Å². The smallest absolute Gasteiger partial charge is 0.410 e. The summed E-state index contributed by atoms with van der Waals surface area (Å²) in [7, 11) is 1.73. The molecule has 0 saturated carbocycles. The van der Waals surface area contributed by atoms with E-state index in [0.29, 0.717) is 24.0 Å². The molecule has 0 aliphatic carbocycles. The number of nitrogens with zero attached hydrogens (tertiary/aromatic N) is 6. The summed E-state index contributed by atoms with van der Waals surface area (Å²) in [5.74, 6) is -0.705. The minimum atomic E-state index is -0.673. The Morgan fingerprint density at radius 1 is 0.881 bits per heavy atom. The standard InChI is InChI=1S/C30H43N7O5/c1-30(2,3)42-29(41)35-11-9-20(10-12-35)36-18-22(19-36)34-15-13-33(14-16-34)21-5-6-23-25(17-21)32(4)28(40)37(23)24-7-8-26(38)31-27(24)39/h5-6,17,20,22,24H,7-16,18-19H2,1-4H3,(H,31,38,39). The Bertz CT molecular complexity index is 1420. The molecule has 228 valence electrons. The number of ether oxygens (including phenoxy) is 1. The third kappa shape index (κ3) is 5.54. The minimum Gasteiger partial charge on any atom is -0.444 e. The molecule has 12 nitrogen and oxygen atoms in total. The van der Waals surface area contributed by atoms with Gasteiger partial charge < -0.3 is 14.5 Å². The summed E-state index contributed by atoms with van der Waals surface area (Å²) < 4.78 is 8.66. The van der Waals surface area contributed by atoms with Crippen LogP contribution in [0.2, 0.25) is 0 Å². The Morgan fingerprint density at radius 3 is 2.21 bits per heavy atom. The summed E-state index contributed by atoms with van der Waals surface area (Å²) in [6.07, 6.45) is 2.35. The molecule has 0 spiro atoms. The molecule has 1 unspecified atom stereocenters. The fraction of sp³-hybridized carbons (Fsp3) is 0.667. The van der Waals surface area contributed by atoms with Crippen molar-refractivity contribution in [1.82, 2.24) is 29.2 Å². The number of imidazole rings is 1. The van der Waals surface area contributed by atoms with E-state index in [2.05, 4.69) is 20.0 Å². The Balaban J connectivity index is 1.01. The molecule has 42 heavy (non-hydrogen) atoms. The summed E-state index contributed by atoms with van der Waals surface area (Å²) in [5, 5.41) is 2.37. The van der Waals surface area contributed by atoms with Crippen LogP contribution in [0.5, 0.6) is 0 Å².